The van der Waals surface area contributed by atoms with E-state index in [9.17, 15) is 0 Å². The summed E-state index contributed by atoms with van der Waals surface area (Å²) in [6.07, 6.45) is 10.6. The van der Waals surface area contributed by atoms with Gasteiger partial charge in [-0.15, -0.1) is 0 Å². The number of allylic oxidation sites excluding steroid dienone is 1. The molecule has 0 aromatic rings. The van der Waals surface area contributed by atoms with Gasteiger partial charge in [-0.25, -0.2) is 0 Å². The standard InChI is InChI=1S/C8H12O/c1-2-3-5-8-6-4-7-9-8/h2-4,7-8H,5-6H2,1H3/b3-2+/t8-/m1/s1. The Morgan fingerprint density at radius 1 is 1.78 bits per heavy atom. The molecule has 9 heavy (non-hydrogen) atoms. The van der Waals surface area contributed by atoms with Crippen LogP contribution in [0.2, 0.25) is 0 Å². The van der Waals surface area contributed by atoms with Crippen LogP contribution in [0.15, 0.2) is 24.5 Å². The lowest BCUT2D eigenvalue weighted by Crippen LogP contribution is -2.01. The summed E-state index contributed by atoms with van der Waals surface area (Å²) in [4.78, 5) is 0. The first-order chi connectivity index (χ1) is 4.43. The normalized spacial score (nSPS) is 25.2. The number of hydrogen-bond acceptors (Lipinski definition) is 1. The summed E-state index contributed by atoms with van der Waals surface area (Å²) in [5, 5.41) is 0. The SMILES string of the molecule is C/C=C/C[C@@H]1CC=CO1. The summed E-state index contributed by atoms with van der Waals surface area (Å²) in [7, 11) is 0. The van der Waals surface area contributed by atoms with E-state index in [4.69, 9.17) is 4.74 Å². The molecular formula is C8H12O. The molecule has 0 aromatic heterocycles. The van der Waals surface area contributed by atoms with Crippen molar-refractivity contribution in [2.45, 2.75) is 25.9 Å². The zero-order valence-corrected chi connectivity index (χ0v) is 5.71. The summed E-state index contributed by atoms with van der Waals surface area (Å²) in [5.41, 5.74) is 0. The van der Waals surface area contributed by atoms with Crippen molar-refractivity contribution >= 4 is 0 Å². The molecule has 0 radical (unpaired) electrons. The average molecular weight is 124 g/mol. The molecule has 1 aliphatic heterocycles. The van der Waals surface area contributed by atoms with Gasteiger partial charge >= 0.3 is 0 Å². The maximum atomic E-state index is 5.22. The van der Waals surface area contributed by atoms with Crippen LogP contribution in [-0.2, 0) is 4.74 Å². The molecule has 0 aromatic carbocycles. The molecule has 1 nitrogen and oxygen atoms in total. The lowest BCUT2D eigenvalue weighted by molar-refractivity contribution is 0.173. The highest BCUT2D eigenvalue weighted by Gasteiger charge is 2.07. The molecule has 50 valence electrons. The third-order valence-electron chi connectivity index (χ3n) is 1.40. The largest absolute Gasteiger partial charge is 0.498 e. The molecule has 0 unspecified atom stereocenters. The van der Waals surface area contributed by atoms with Crippen molar-refractivity contribution in [2.24, 2.45) is 0 Å². The maximum absolute atomic E-state index is 5.22. The van der Waals surface area contributed by atoms with Gasteiger partial charge in [-0.1, -0.05) is 12.2 Å². The first-order valence-electron chi connectivity index (χ1n) is 3.35. The van der Waals surface area contributed by atoms with Crippen molar-refractivity contribution in [1.29, 1.82) is 0 Å². The van der Waals surface area contributed by atoms with Gasteiger partial charge in [0, 0.05) is 12.8 Å². The summed E-state index contributed by atoms with van der Waals surface area (Å²) < 4.78 is 5.22. The molecule has 0 saturated carbocycles. The van der Waals surface area contributed by atoms with Gasteiger partial charge in [-0.2, -0.15) is 0 Å². The highest BCUT2D eigenvalue weighted by Crippen LogP contribution is 2.12. The summed E-state index contributed by atoms with van der Waals surface area (Å²) in [5.74, 6) is 0. The molecule has 1 atom stereocenters. The van der Waals surface area contributed by atoms with Crippen LogP contribution in [0.25, 0.3) is 0 Å². The van der Waals surface area contributed by atoms with E-state index in [1.54, 1.807) is 6.26 Å². The average Bonchev–Trinajstić information content (AvgIpc) is 2.34. The summed E-state index contributed by atoms with van der Waals surface area (Å²) in [6.45, 7) is 2.03. The van der Waals surface area contributed by atoms with Crippen molar-refractivity contribution < 1.29 is 4.74 Å². The van der Waals surface area contributed by atoms with Crippen LogP contribution >= 0.6 is 0 Å². The van der Waals surface area contributed by atoms with Crippen LogP contribution < -0.4 is 0 Å². The topological polar surface area (TPSA) is 9.23 Å². The van der Waals surface area contributed by atoms with Gasteiger partial charge in [0.2, 0.25) is 0 Å². The molecule has 0 fully saturated rings. The van der Waals surface area contributed by atoms with E-state index in [0.29, 0.717) is 6.10 Å². The van der Waals surface area contributed by atoms with Gasteiger partial charge in [0.1, 0.15) is 6.10 Å². The smallest absolute Gasteiger partial charge is 0.105 e. The minimum atomic E-state index is 0.418. The molecular weight excluding hydrogens is 112 g/mol. The van der Waals surface area contributed by atoms with E-state index in [1.165, 1.54) is 0 Å². The van der Waals surface area contributed by atoms with Gasteiger partial charge in [-0.3, -0.25) is 0 Å². The first-order valence-corrected chi connectivity index (χ1v) is 3.35. The Labute approximate surface area is 56.0 Å². The van der Waals surface area contributed by atoms with Crippen molar-refractivity contribution in [2.75, 3.05) is 0 Å². The predicted molar refractivity (Wildman–Crippen MR) is 38.1 cm³/mol. The van der Waals surface area contributed by atoms with Crippen LogP contribution in [0.5, 0.6) is 0 Å². The Bertz CT molecular complexity index is 117. The van der Waals surface area contributed by atoms with Crippen molar-refractivity contribution in [1.82, 2.24) is 0 Å². The lowest BCUT2D eigenvalue weighted by atomic mass is 10.2. The number of hydrogen-bond donors (Lipinski definition) is 0. The second-order valence-corrected chi connectivity index (χ2v) is 2.17. The Kier molecular flexibility index (Phi) is 2.37. The van der Waals surface area contributed by atoms with Crippen molar-refractivity contribution in [3.8, 4) is 0 Å². The summed E-state index contributed by atoms with van der Waals surface area (Å²) >= 11 is 0. The predicted octanol–water partition coefficient (Wildman–Crippen LogP) is 2.26. The molecule has 0 aliphatic carbocycles. The summed E-state index contributed by atoms with van der Waals surface area (Å²) in [6, 6.07) is 0. The fourth-order valence-corrected chi connectivity index (χ4v) is 0.869. The van der Waals surface area contributed by atoms with Crippen LogP contribution in [0.4, 0.5) is 0 Å². The zero-order valence-electron chi connectivity index (χ0n) is 5.71. The Hall–Kier alpha value is -0.720. The molecule has 0 bridgehead atoms. The first kappa shape index (κ1) is 6.40. The number of rotatable bonds is 2. The highest BCUT2D eigenvalue weighted by molar-refractivity contribution is 4.91. The molecule has 1 aliphatic rings. The maximum Gasteiger partial charge on any atom is 0.105 e. The second kappa shape index (κ2) is 3.33. The fourth-order valence-electron chi connectivity index (χ4n) is 0.869. The van der Waals surface area contributed by atoms with Gasteiger partial charge in [0.25, 0.3) is 0 Å². The molecule has 0 saturated heterocycles. The van der Waals surface area contributed by atoms with E-state index in [2.05, 4.69) is 18.2 Å². The fraction of sp³-hybridized carbons (Fsp3) is 0.500. The minimum Gasteiger partial charge on any atom is -0.498 e. The molecule has 0 spiro atoms. The molecule has 0 amide bonds. The van der Waals surface area contributed by atoms with Crippen LogP contribution in [0.1, 0.15) is 19.8 Å². The van der Waals surface area contributed by atoms with Gasteiger partial charge in [0.05, 0.1) is 6.26 Å². The van der Waals surface area contributed by atoms with Crippen molar-refractivity contribution in [3.05, 3.63) is 24.5 Å². The molecule has 0 N–H and O–H groups in total. The Balaban J connectivity index is 2.14. The Morgan fingerprint density at radius 3 is 3.22 bits per heavy atom. The third kappa shape index (κ3) is 1.92. The van der Waals surface area contributed by atoms with Gasteiger partial charge in [0.15, 0.2) is 0 Å². The van der Waals surface area contributed by atoms with Crippen molar-refractivity contribution in [3.63, 3.8) is 0 Å². The lowest BCUT2D eigenvalue weighted by Gasteiger charge is -2.04. The quantitative estimate of drug-likeness (QED) is 0.513. The number of ether oxygens (including phenoxy) is 1. The van der Waals surface area contributed by atoms with Crippen LogP contribution in [0, 0.1) is 0 Å². The van der Waals surface area contributed by atoms with E-state index < -0.39 is 0 Å². The second-order valence-electron chi connectivity index (χ2n) is 2.17. The van der Waals surface area contributed by atoms with E-state index in [-0.39, 0.29) is 0 Å². The molecule has 1 rings (SSSR count). The van der Waals surface area contributed by atoms with E-state index in [1.807, 2.05) is 6.92 Å². The van der Waals surface area contributed by atoms with Crippen LogP contribution in [0.3, 0.4) is 0 Å². The Morgan fingerprint density at radius 2 is 2.67 bits per heavy atom. The molecule has 1 heteroatoms. The van der Waals surface area contributed by atoms with Gasteiger partial charge in [-0.05, 0) is 13.0 Å². The zero-order chi connectivity index (χ0) is 6.53. The van der Waals surface area contributed by atoms with Gasteiger partial charge < -0.3 is 4.74 Å². The highest BCUT2D eigenvalue weighted by atomic mass is 16.5. The van der Waals surface area contributed by atoms with E-state index in [0.717, 1.165) is 12.8 Å². The van der Waals surface area contributed by atoms with Crippen LogP contribution in [-0.4, -0.2) is 6.10 Å². The minimum absolute atomic E-state index is 0.418. The molecule has 1 heterocycles. The third-order valence-corrected chi connectivity index (χ3v) is 1.40. The monoisotopic (exact) mass is 124 g/mol. The van der Waals surface area contributed by atoms with E-state index >= 15 is 0 Å².